The highest BCUT2D eigenvalue weighted by molar-refractivity contribution is 9.10. The van der Waals surface area contributed by atoms with Crippen LogP contribution in [0.3, 0.4) is 0 Å². The van der Waals surface area contributed by atoms with E-state index >= 15 is 0 Å². The Morgan fingerprint density at radius 3 is 2.63 bits per heavy atom. The molecule has 0 saturated carbocycles. The fourth-order valence-electron chi connectivity index (χ4n) is 2.60. The Bertz CT molecular complexity index is 651. The average molecular weight is 466 g/mol. The highest BCUT2D eigenvalue weighted by Gasteiger charge is 2.28. The molecular formula is C18H26BrClN2O5. The fourth-order valence-corrected chi connectivity index (χ4v) is 3.52. The van der Waals surface area contributed by atoms with Crippen LogP contribution in [0.25, 0.3) is 0 Å². The molecule has 7 nitrogen and oxygen atoms in total. The zero-order chi connectivity index (χ0) is 20.6. The van der Waals surface area contributed by atoms with Gasteiger partial charge in [0.05, 0.1) is 19.8 Å². The van der Waals surface area contributed by atoms with E-state index in [1.54, 1.807) is 6.07 Å². The summed E-state index contributed by atoms with van der Waals surface area (Å²) in [6, 6.07) is 3.62. The molecule has 1 fully saturated rings. The van der Waals surface area contributed by atoms with Gasteiger partial charge in [-0.3, -0.25) is 4.79 Å². The number of halogens is 2. The average Bonchev–Trinajstić information content (AvgIpc) is 3.00. The van der Waals surface area contributed by atoms with Crippen LogP contribution in [0.4, 0.5) is 10.5 Å². The molecule has 1 aromatic carbocycles. The predicted molar refractivity (Wildman–Crippen MR) is 108 cm³/mol. The fraction of sp³-hybridized carbons (Fsp3) is 0.556. The van der Waals surface area contributed by atoms with Gasteiger partial charge in [-0.25, -0.2) is 4.79 Å². The number of rotatable bonds is 4. The Morgan fingerprint density at radius 2 is 2.11 bits per heavy atom. The molecule has 1 unspecified atom stereocenters. The Hall–Kier alpha value is -1.51. The van der Waals surface area contributed by atoms with Gasteiger partial charge < -0.3 is 24.8 Å². The van der Waals surface area contributed by atoms with E-state index in [9.17, 15) is 9.90 Å². The molecule has 1 aliphatic heterocycles. The first kappa shape index (κ1) is 23.5. The largest absolute Gasteiger partial charge is 0.471 e. The molecule has 27 heavy (non-hydrogen) atoms. The minimum absolute atomic E-state index is 0.00847. The number of nitrogens with zero attached hydrogens (tertiary/aromatic N) is 1. The molecule has 0 spiro atoms. The quantitative estimate of drug-likeness (QED) is 0.662. The Balaban J connectivity index is 0.000000828. The van der Waals surface area contributed by atoms with Crippen molar-refractivity contribution in [3.05, 3.63) is 27.2 Å². The van der Waals surface area contributed by atoms with Crippen LogP contribution < -0.4 is 10.2 Å². The lowest BCUT2D eigenvalue weighted by Gasteiger charge is -2.24. The van der Waals surface area contributed by atoms with E-state index < -0.39 is 11.7 Å². The molecule has 1 saturated heterocycles. The van der Waals surface area contributed by atoms with E-state index in [0.717, 1.165) is 28.7 Å². The second-order valence-electron chi connectivity index (χ2n) is 6.95. The van der Waals surface area contributed by atoms with Crippen molar-refractivity contribution < 1.29 is 24.2 Å². The van der Waals surface area contributed by atoms with Gasteiger partial charge >= 0.3 is 6.09 Å². The number of anilines is 1. The number of aliphatic hydroxyl groups is 1. The first-order valence-electron chi connectivity index (χ1n) is 8.41. The van der Waals surface area contributed by atoms with E-state index in [1.165, 1.54) is 7.11 Å². The third-order valence-electron chi connectivity index (χ3n) is 3.64. The summed E-state index contributed by atoms with van der Waals surface area (Å²) in [4.78, 5) is 22.9. The number of methoxy groups -OCH3 is 1. The SMILES string of the molecule is CC(C)(C)OC(=O)NC1CCN(c2cc(Cl)cc(Br)c2CO)C1.COC=O. The number of aliphatic hydroxyl groups excluding tert-OH is 1. The lowest BCUT2D eigenvalue weighted by atomic mass is 10.1. The predicted octanol–water partition coefficient (Wildman–Crippen LogP) is 3.49. The maximum absolute atomic E-state index is 11.9. The summed E-state index contributed by atoms with van der Waals surface area (Å²) in [7, 11) is 1.31. The molecule has 2 N–H and O–H groups in total. The third kappa shape index (κ3) is 7.94. The summed E-state index contributed by atoms with van der Waals surface area (Å²) in [5.74, 6) is 0. The van der Waals surface area contributed by atoms with Crippen LogP contribution in [-0.2, 0) is 20.9 Å². The van der Waals surface area contributed by atoms with Gasteiger partial charge in [0.15, 0.2) is 0 Å². The van der Waals surface area contributed by atoms with E-state index in [4.69, 9.17) is 21.1 Å². The molecule has 9 heteroatoms. The van der Waals surface area contributed by atoms with Crippen LogP contribution in [-0.4, -0.2) is 49.5 Å². The summed E-state index contributed by atoms with van der Waals surface area (Å²) in [5.41, 5.74) is 1.18. The molecule has 1 atom stereocenters. The smallest absolute Gasteiger partial charge is 0.407 e. The van der Waals surface area contributed by atoms with Crippen molar-refractivity contribution in [1.82, 2.24) is 5.32 Å². The van der Waals surface area contributed by atoms with Crippen molar-refractivity contribution in [3.63, 3.8) is 0 Å². The van der Waals surface area contributed by atoms with E-state index in [0.29, 0.717) is 18.0 Å². The van der Waals surface area contributed by atoms with Crippen molar-refractivity contribution in [1.29, 1.82) is 0 Å². The number of carbonyl (C=O) groups excluding carboxylic acids is 2. The number of ether oxygens (including phenoxy) is 2. The Labute approximate surface area is 173 Å². The first-order chi connectivity index (χ1) is 12.6. The summed E-state index contributed by atoms with van der Waals surface area (Å²) >= 11 is 9.56. The highest BCUT2D eigenvalue weighted by Crippen LogP contribution is 2.33. The molecule has 0 aromatic heterocycles. The van der Waals surface area contributed by atoms with Crippen LogP contribution in [0.5, 0.6) is 0 Å². The van der Waals surface area contributed by atoms with E-state index in [-0.39, 0.29) is 12.6 Å². The molecule has 1 aliphatic rings. The van der Waals surface area contributed by atoms with Gasteiger partial charge in [0.1, 0.15) is 5.60 Å². The molecule has 1 aromatic rings. The van der Waals surface area contributed by atoms with Crippen LogP contribution in [0.2, 0.25) is 5.02 Å². The van der Waals surface area contributed by atoms with Gasteiger partial charge in [-0.2, -0.15) is 0 Å². The van der Waals surface area contributed by atoms with Crippen molar-refractivity contribution in [2.75, 3.05) is 25.1 Å². The molecule has 0 bridgehead atoms. The second-order valence-corrected chi connectivity index (χ2v) is 8.24. The number of hydrogen-bond acceptors (Lipinski definition) is 6. The highest BCUT2D eigenvalue weighted by atomic mass is 79.9. The topological polar surface area (TPSA) is 88.1 Å². The number of amides is 1. The van der Waals surface area contributed by atoms with Crippen molar-refractivity contribution >= 4 is 45.8 Å². The first-order valence-corrected chi connectivity index (χ1v) is 9.58. The maximum Gasteiger partial charge on any atom is 0.407 e. The lowest BCUT2D eigenvalue weighted by molar-refractivity contribution is -0.126. The zero-order valence-corrected chi connectivity index (χ0v) is 18.3. The molecule has 1 heterocycles. The van der Waals surface area contributed by atoms with Gasteiger partial charge in [0.25, 0.3) is 6.47 Å². The number of nitrogens with one attached hydrogen (secondary N) is 1. The van der Waals surface area contributed by atoms with Crippen LogP contribution in [0.1, 0.15) is 32.8 Å². The standard InChI is InChI=1S/C16H22BrClN2O3.C2H4O2/c1-16(2,3)23-15(22)19-11-4-5-20(8-11)14-7-10(18)6-13(17)12(14)9-21;1-4-2-3/h6-7,11,21H,4-5,8-9H2,1-3H3,(H,19,22);2H,1H3. The Morgan fingerprint density at radius 1 is 1.48 bits per heavy atom. The molecule has 2 rings (SSSR count). The number of alkyl carbamates (subject to hydrolysis) is 1. The van der Waals surface area contributed by atoms with Crippen molar-refractivity contribution in [2.45, 2.75) is 45.4 Å². The van der Waals surface area contributed by atoms with Gasteiger partial charge in [-0.15, -0.1) is 0 Å². The third-order valence-corrected chi connectivity index (χ3v) is 4.57. The van der Waals surface area contributed by atoms with E-state index in [2.05, 4.69) is 30.9 Å². The van der Waals surface area contributed by atoms with Gasteiger partial charge in [0, 0.05) is 33.8 Å². The normalized spacial score (nSPS) is 16.3. The number of benzene rings is 1. The lowest BCUT2D eigenvalue weighted by Crippen LogP contribution is -2.40. The van der Waals surface area contributed by atoms with E-state index in [1.807, 2.05) is 26.8 Å². The number of hydrogen-bond donors (Lipinski definition) is 2. The van der Waals surface area contributed by atoms with Crippen LogP contribution >= 0.6 is 27.5 Å². The summed E-state index contributed by atoms with van der Waals surface area (Å²) < 4.78 is 9.93. The van der Waals surface area contributed by atoms with Gasteiger partial charge in [0.2, 0.25) is 0 Å². The maximum atomic E-state index is 11.9. The minimum atomic E-state index is -0.510. The summed E-state index contributed by atoms with van der Waals surface area (Å²) in [6.07, 6.45) is 0.410. The molecular weight excluding hydrogens is 440 g/mol. The molecule has 152 valence electrons. The monoisotopic (exact) mass is 464 g/mol. The minimum Gasteiger partial charge on any atom is -0.471 e. The molecule has 0 aliphatic carbocycles. The van der Waals surface area contributed by atoms with Crippen molar-refractivity contribution in [3.8, 4) is 0 Å². The zero-order valence-electron chi connectivity index (χ0n) is 15.9. The summed E-state index contributed by atoms with van der Waals surface area (Å²) in [5, 5.41) is 13.1. The van der Waals surface area contributed by atoms with Crippen LogP contribution in [0.15, 0.2) is 16.6 Å². The molecule has 0 radical (unpaired) electrons. The number of carbonyl (C=O) groups is 2. The Kier molecular flexibility index (Phi) is 9.35. The van der Waals surface area contributed by atoms with Gasteiger partial charge in [-0.1, -0.05) is 27.5 Å². The second kappa shape index (κ2) is 10.7. The van der Waals surface area contributed by atoms with Gasteiger partial charge in [-0.05, 0) is 39.3 Å². The van der Waals surface area contributed by atoms with Crippen LogP contribution in [0, 0.1) is 0 Å². The van der Waals surface area contributed by atoms with Crippen molar-refractivity contribution in [2.24, 2.45) is 0 Å². The molecule has 1 amide bonds. The summed E-state index contributed by atoms with van der Waals surface area (Å²) in [6.45, 7) is 7.24.